The van der Waals surface area contributed by atoms with Crippen LogP contribution in [0, 0.1) is 5.95 Å². The fourth-order valence-electron chi connectivity index (χ4n) is 2.19. The van der Waals surface area contributed by atoms with Gasteiger partial charge in [0.25, 0.3) is 0 Å². The van der Waals surface area contributed by atoms with Crippen LogP contribution in [0.2, 0.25) is 10.0 Å². The Morgan fingerprint density at radius 2 is 1.52 bits per heavy atom. The van der Waals surface area contributed by atoms with Crippen molar-refractivity contribution in [3.63, 3.8) is 0 Å². The van der Waals surface area contributed by atoms with Crippen LogP contribution in [-0.4, -0.2) is 4.98 Å². The molecule has 3 rings (SSSR count). The highest BCUT2D eigenvalue weighted by Crippen LogP contribution is 2.35. The van der Waals surface area contributed by atoms with Crippen LogP contribution >= 0.6 is 23.2 Å². The predicted molar refractivity (Wildman–Crippen MR) is 85.1 cm³/mol. The summed E-state index contributed by atoms with van der Waals surface area (Å²) in [5, 5.41) is 1.23. The van der Waals surface area contributed by atoms with Crippen molar-refractivity contribution >= 4 is 23.2 Å². The van der Waals surface area contributed by atoms with Gasteiger partial charge < -0.3 is 0 Å². The van der Waals surface area contributed by atoms with Gasteiger partial charge in [0.1, 0.15) is 0 Å². The predicted octanol–water partition coefficient (Wildman–Crippen LogP) is 5.86. The lowest BCUT2D eigenvalue weighted by Gasteiger charge is -2.11. The highest BCUT2D eigenvalue weighted by Gasteiger charge is 2.12. The van der Waals surface area contributed by atoms with Crippen molar-refractivity contribution < 1.29 is 4.39 Å². The second-order valence-electron chi connectivity index (χ2n) is 4.54. The van der Waals surface area contributed by atoms with Crippen molar-refractivity contribution in [2.24, 2.45) is 0 Å². The van der Waals surface area contributed by atoms with Gasteiger partial charge in [-0.2, -0.15) is 4.39 Å². The van der Waals surface area contributed by atoms with Crippen LogP contribution in [0.5, 0.6) is 0 Å². The SMILES string of the molecule is Fc1cc(-c2ccc(Cl)cc2)c(-c2ccccc2Cl)cn1. The smallest absolute Gasteiger partial charge is 0.213 e. The molecular weight excluding hydrogens is 308 g/mol. The highest BCUT2D eigenvalue weighted by atomic mass is 35.5. The molecule has 0 radical (unpaired) electrons. The maximum absolute atomic E-state index is 13.6. The van der Waals surface area contributed by atoms with Gasteiger partial charge in [-0.05, 0) is 29.3 Å². The van der Waals surface area contributed by atoms with Gasteiger partial charge in [0.05, 0.1) is 0 Å². The molecule has 0 unspecified atom stereocenters. The van der Waals surface area contributed by atoms with Gasteiger partial charge in [-0.1, -0.05) is 53.5 Å². The van der Waals surface area contributed by atoms with Gasteiger partial charge in [0.15, 0.2) is 0 Å². The molecule has 0 bridgehead atoms. The Labute approximate surface area is 132 Å². The topological polar surface area (TPSA) is 12.9 Å². The average molecular weight is 318 g/mol. The van der Waals surface area contributed by atoms with Crippen LogP contribution in [0.3, 0.4) is 0 Å². The molecule has 1 aromatic heterocycles. The molecule has 0 saturated carbocycles. The first-order valence-corrected chi connectivity index (χ1v) is 7.07. The Hall–Kier alpha value is -1.90. The molecule has 0 aliphatic heterocycles. The van der Waals surface area contributed by atoms with Crippen molar-refractivity contribution in [3.8, 4) is 22.3 Å². The average Bonchev–Trinajstić information content (AvgIpc) is 2.49. The van der Waals surface area contributed by atoms with E-state index in [1.165, 1.54) is 12.3 Å². The molecule has 0 aliphatic carbocycles. The first-order valence-electron chi connectivity index (χ1n) is 6.31. The first-order chi connectivity index (χ1) is 10.1. The van der Waals surface area contributed by atoms with Crippen LogP contribution in [0.4, 0.5) is 4.39 Å². The number of hydrogen-bond donors (Lipinski definition) is 0. The van der Waals surface area contributed by atoms with Crippen LogP contribution in [0.25, 0.3) is 22.3 Å². The van der Waals surface area contributed by atoms with Crippen LogP contribution in [0.15, 0.2) is 60.8 Å². The number of rotatable bonds is 2. The van der Waals surface area contributed by atoms with Crippen LogP contribution < -0.4 is 0 Å². The van der Waals surface area contributed by atoms with Gasteiger partial charge in [-0.25, -0.2) is 4.98 Å². The summed E-state index contributed by atoms with van der Waals surface area (Å²) in [4.78, 5) is 3.75. The third-order valence-corrected chi connectivity index (χ3v) is 3.77. The lowest BCUT2D eigenvalue weighted by Crippen LogP contribution is -1.91. The van der Waals surface area contributed by atoms with Crippen molar-refractivity contribution in [3.05, 3.63) is 76.8 Å². The number of hydrogen-bond acceptors (Lipinski definition) is 1. The molecule has 21 heavy (non-hydrogen) atoms. The van der Waals surface area contributed by atoms with Gasteiger partial charge >= 0.3 is 0 Å². The molecule has 0 atom stereocenters. The highest BCUT2D eigenvalue weighted by molar-refractivity contribution is 6.33. The van der Waals surface area contributed by atoms with E-state index in [-0.39, 0.29) is 0 Å². The number of nitrogens with zero attached hydrogens (tertiary/aromatic N) is 1. The minimum atomic E-state index is -0.532. The molecule has 0 aliphatic rings. The van der Waals surface area contributed by atoms with Crippen LogP contribution in [-0.2, 0) is 0 Å². The summed E-state index contributed by atoms with van der Waals surface area (Å²) in [5.74, 6) is -0.532. The largest absolute Gasteiger partial charge is 0.228 e. The Balaban J connectivity index is 2.23. The Morgan fingerprint density at radius 1 is 0.810 bits per heavy atom. The number of aromatic nitrogens is 1. The second kappa shape index (κ2) is 5.84. The van der Waals surface area contributed by atoms with E-state index in [2.05, 4.69) is 4.98 Å². The maximum atomic E-state index is 13.6. The van der Waals surface area contributed by atoms with E-state index in [0.29, 0.717) is 10.0 Å². The molecule has 0 amide bonds. The van der Waals surface area contributed by atoms with Gasteiger partial charge in [0.2, 0.25) is 5.95 Å². The van der Waals surface area contributed by atoms with E-state index in [1.54, 1.807) is 18.2 Å². The Bertz CT molecular complexity index is 785. The molecule has 2 aromatic carbocycles. The van der Waals surface area contributed by atoms with E-state index in [0.717, 1.165) is 22.3 Å². The zero-order valence-electron chi connectivity index (χ0n) is 10.9. The van der Waals surface area contributed by atoms with Crippen molar-refractivity contribution in [1.29, 1.82) is 0 Å². The summed E-state index contributed by atoms with van der Waals surface area (Å²) in [6.07, 6.45) is 1.50. The summed E-state index contributed by atoms with van der Waals surface area (Å²) in [7, 11) is 0. The lowest BCUT2D eigenvalue weighted by atomic mass is 9.96. The number of halogens is 3. The molecule has 3 aromatic rings. The minimum Gasteiger partial charge on any atom is -0.228 e. The Morgan fingerprint density at radius 3 is 2.24 bits per heavy atom. The fourth-order valence-corrected chi connectivity index (χ4v) is 2.56. The summed E-state index contributed by atoms with van der Waals surface area (Å²) in [6.45, 7) is 0. The van der Waals surface area contributed by atoms with Gasteiger partial charge in [0, 0.05) is 33.4 Å². The zero-order valence-corrected chi connectivity index (χ0v) is 12.4. The number of benzene rings is 2. The quantitative estimate of drug-likeness (QED) is 0.539. The lowest BCUT2D eigenvalue weighted by molar-refractivity contribution is 0.584. The Kier molecular flexibility index (Phi) is 3.91. The van der Waals surface area contributed by atoms with E-state index in [4.69, 9.17) is 23.2 Å². The standard InChI is InChI=1S/C17H10Cl2FN/c18-12-7-5-11(6-8-12)14-9-17(20)21-10-15(14)13-3-1-2-4-16(13)19/h1-10H. The van der Waals surface area contributed by atoms with Gasteiger partial charge in [-0.15, -0.1) is 0 Å². The number of pyridine rings is 1. The fraction of sp³-hybridized carbons (Fsp3) is 0. The molecule has 0 N–H and O–H groups in total. The molecule has 0 fully saturated rings. The molecule has 4 heteroatoms. The van der Waals surface area contributed by atoms with E-state index in [9.17, 15) is 4.39 Å². The zero-order chi connectivity index (χ0) is 14.8. The molecule has 0 spiro atoms. The maximum Gasteiger partial charge on any atom is 0.213 e. The first kappa shape index (κ1) is 14.1. The molecule has 1 heterocycles. The summed E-state index contributed by atoms with van der Waals surface area (Å²) in [5.41, 5.74) is 3.18. The van der Waals surface area contributed by atoms with Crippen molar-refractivity contribution in [2.75, 3.05) is 0 Å². The van der Waals surface area contributed by atoms with E-state index in [1.807, 2.05) is 30.3 Å². The normalized spacial score (nSPS) is 10.6. The second-order valence-corrected chi connectivity index (χ2v) is 5.38. The van der Waals surface area contributed by atoms with E-state index >= 15 is 0 Å². The molecule has 104 valence electrons. The monoisotopic (exact) mass is 317 g/mol. The summed E-state index contributed by atoms with van der Waals surface area (Å²) >= 11 is 12.1. The summed E-state index contributed by atoms with van der Waals surface area (Å²) in [6, 6.07) is 16.1. The molecule has 1 nitrogen and oxygen atoms in total. The molecule has 0 saturated heterocycles. The minimum absolute atomic E-state index is 0.532. The van der Waals surface area contributed by atoms with Crippen molar-refractivity contribution in [2.45, 2.75) is 0 Å². The van der Waals surface area contributed by atoms with E-state index < -0.39 is 5.95 Å². The van der Waals surface area contributed by atoms with Crippen molar-refractivity contribution in [1.82, 2.24) is 4.98 Å². The third-order valence-electron chi connectivity index (χ3n) is 3.19. The summed E-state index contributed by atoms with van der Waals surface area (Å²) < 4.78 is 13.6. The van der Waals surface area contributed by atoms with Crippen LogP contribution in [0.1, 0.15) is 0 Å². The third kappa shape index (κ3) is 2.92. The van der Waals surface area contributed by atoms with Gasteiger partial charge in [-0.3, -0.25) is 0 Å². The molecular formula is C17H10Cl2FN.